The summed E-state index contributed by atoms with van der Waals surface area (Å²) in [6.07, 6.45) is 1.25. The molecule has 1 N–H and O–H groups in total. The van der Waals surface area contributed by atoms with Gasteiger partial charge < -0.3 is 19.9 Å². The van der Waals surface area contributed by atoms with Gasteiger partial charge in [0.25, 0.3) is 0 Å². The number of aromatic nitrogens is 2. The summed E-state index contributed by atoms with van der Waals surface area (Å²) in [6.45, 7) is 9.58. The van der Waals surface area contributed by atoms with Crippen LogP contribution in [0.4, 0.5) is 16.6 Å². The van der Waals surface area contributed by atoms with Gasteiger partial charge in [-0.2, -0.15) is 4.98 Å². The quantitative estimate of drug-likeness (QED) is 0.519. The number of hydrogen-bond acceptors (Lipinski definition) is 8. The lowest BCUT2D eigenvalue weighted by Crippen LogP contribution is -2.44. The van der Waals surface area contributed by atoms with E-state index in [1.807, 2.05) is 56.9 Å². The van der Waals surface area contributed by atoms with E-state index in [1.54, 1.807) is 17.0 Å². The molecule has 3 heterocycles. The second kappa shape index (κ2) is 10.1. The fourth-order valence-corrected chi connectivity index (χ4v) is 6.44. The summed E-state index contributed by atoms with van der Waals surface area (Å²) in [5.41, 5.74) is 2.13. The van der Waals surface area contributed by atoms with Gasteiger partial charge in [0.15, 0.2) is 9.84 Å². The minimum atomic E-state index is -3.38. The second-order valence-corrected chi connectivity index (χ2v) is 13.2. The van der Waals surface area contributed by atoms with E-state index in [9.17, 15) is 13.2 Å². The van der Waals surface area contributed by atoms with E-state index >= 15 is 0 Å². The molecule has 2 aliphatic heterocycles. The van der Waals surface area contributed by atoms with E-state index in [0.29, 0.717) is 37.0 Å². The van der Waals surface area contributed by atoms with Crippen molar-refractivity contribution in [3.8, 4) is 0 Å². The largest absolute Gasteiger partial charge is 0.444 e. The fraction of sp³-hybridized carbons (Fsp3) is 0.464. The summed E-state index contributed by atoms with van der Waals surface area (Å²) in [5, 5.41) is 4.54. The summed E-state index contributed by atoms with van der Waals surface area (Å²) >= 11 is 0. The van der Waals surface area contributed by atoms with Crippen LogP contribution in [0.1, 0.15) is 44.7 Å². The Bertz CT molecular complexity index is 1460. The predicted molar refractivity (Wildman–Crippen MR) is 148 cm³/mol. The number of benzene rings is 2. The van der Waals surface area contributed by atoms with Crippen molar-refractivity contribution in [2.24, 2.45) is 0 Å². The lowest BCUT2D eigenvalue weighted by Gasteiger charge is -2.34. The number of aryl methyl sites for hydroxylation is 1. The molecule has 10 heteroatoms. The topological polar surface area (TPSA) is 105 Å². The van der Waals surface area contributed by atoms with Gasteiger partial charge in [0.05, 0.1) is 16.2 Å². The maximum atomic E-state index is 12.9. The Balaban J connectivity index is 1.40. The average Bonchev–Trinajstić information content (AvgIpc) is 2.99. The zero-order valence-corrected chi connectivity index (χ0v) is 23.2. The lowest BCUT2D eigenvalue weighted by atomic mass is 10.0. The molecule has 38 heavy (non-hydrogen) atoms. The van der Waals surface area contributed by atoms with Crippen molar-refractivity contribution in [3.63, 3.8) is 0 Å². The number of nitrogens with zero attached hydrogens (tertiary/aromatic N) is 4. The van der Waals surface area contributed by atoms with Gasteiger partial charge in [-0.15, -0.1) is 0 Å². The fourth-order valence-electron chi connectivity index (χ4n) is 4.94. The number of ether oxygens (including phenoxy) is 1. The van der Waals surface area contributed by atoms with E-state index in [4.69, 9.17) is 14.7 Å². The van der Waals surface area contributed by atoms with Gasteiger partial charge in [-0.25, -0.2) is 18.2 Å². The third kappa shape index (κ3) is 5.70. The SMILES string of the molecule is Cc1ccc2nc(N3CCS(=O)(=O)c4ccccc4C3)nc(NC3CCN(C(=O)OC(C)(C)C)CC3)c2c1. The number of carbonyl (C=O) groups excluding carboxylic acids is 1. The number of rotatable bonds is 3. The highest BCUT2D eigenvalue weighted by Crippen LogP contribution is 2.30. The highest BCUT2D eigenvalue weighted by atomic mass is 32.2. The third-order valence-electron chi connectivity index (χ3n) is 6.91. The molecule has 202 valence electrons. The molecule has 1 aromatic heterocycles. The molecule has 0 bridgehead atoms. The van der Waals surface area contributed by atoms with Crippen molar-refractivity contribution in [1.29, 1.82) is 0 Å². The van der Waals surface area contributed by atoms with Crippen LogP contribution in [0.15, 0.2) is 47.4 Å². The summed E-state index contributed by atoms with van der Waals surface area (Å²) in [6, 6.07) is 13.3. The molecule has 1 saturated heterocycles. The number of fused-ring (bicyclic) bond motifs is 2. The van der Waals surface area contributed by atoms with Gasteiger partial charge in [-0.05, 0) is 64.3 Å². The normalized spacial score (nSPS) is 18.1. The zero-order valence-electron chi connectivity index (χ0n) is 22.4. The smallest absolute Gasteiger partial charge is 0.410 e. The molecular weight excluding hydrogens is 502 g/mol. The summed E-state index contributed by atoms with van der Waals surface area (Å²) in [4.78, 5) is 26.3. The number of piperidine rings is 1. The Labute approximate surface area is 224 Å². The first-order valence-electron chi connectivity index (χ1n) is 13.1. The van der Waals surface area contributed by atoms with Crippen LogP contribution in [0, 0.1) is 6.92 Å². The van der Waals surface area contributed by atoms with Gasteiger partial charge in [-0.3, -0.25) is 0 Å². The van der Waals surface area contributed by atoms with Crippen LogP contribution in [0.2, 0.25) is 0 Å². The summed E-state index contributed by atoms with van der Waals surface area (Å²) < 4.78 is 31.3. The van der Waals surface area contributed by atoms with Crippen LogP contribution in [-0.2, 0) is 21.1 Å². The Kier molecular flexibility index (Phi) is 6.94. The van der Waals surface area contributed by atoms with Crippen LogP contribution < -0.4 is 10.2 Å². The maximum absolute atomic E-state index is 12.9. The standard InChI is InChI=1S/C28H35N5O4S/c1-19-9-10-23-22(17-19)25(29-21-11-13-32(14-12-21)27(34)37-28(2,3)4)31-26(30-23)33-15-16-38(35,36)24-8-6-5-7-20(24)18-33/h5-10,17,21H,11-16,18H2,1-4H3,(H,29,30,31). The number of anilines is 2. The Morgan fingerprint density at radius 3 is 2.53 bits per heavy atom. The number of sulfone groups is 1. The van der Waals surface area contributed by atoms with E-state index in [2.05, 4.69) is 11.4 Å². The van der Waals surface area contributed by atoms with Crippen LogP contribution in [0.3, 0.4) is 0 Å². The molecule has 3 aromatic rings. The molecule has 2 aliphatic rings. The number of carbonyl (C=O) groups is 1. The molecule has 0 spiro atoms. The number of hydrogen-bond donors (Lipinski definition) is 1. The molecule has 0 aliphatic carbocycles. The van der Waals surface area contributed by atoms with E-state index in [0.717, 1.165) is 40.7 Å². The van der Waals surface area contributed by atoms with Crippen molar-refractivity contribution in [3.05, 3.63) is 53.6 Å². The third-order valence-corrected chi connectivity index (χ3v) is 8.70. The second-order valence-electron chi connectivity index (χ2n) is 11.1. The molecular formula is C28H35N5O4S. The first kappa shape index (κ1) is 26.2. The van der Waals surface area contributed by atoms with Gasteiger partial charge in [0.1, 0.15) is 11.4 Å². The van der Waals surface area contributed by atoms with Crippen molar-refractivity contribution < 1.29 is 17.9 Å². The molecule has 5 rings (SSSR count). The van der Waals surface area contributed by atoms with Crippen molar-refractivity contribution in [2.45, 2.75) is 63.6 Å². The summed E-state index contributed by atoms with van der Waals surface area (Å²) in [7, 11) is -3.38. The Morgan fingerprint density at radius 2 is 1.79 bits per heavy atom. The first-order valence-corrected chi connectivity index (χ1v) is 14.7. The minimum Gasteiger partial charge on any atom is -0.444 e. The molecule has 2 aromatic carbocycles. The van der Waals surface area contributed by atoms with Gasteiger partial charge in [0.2, 0.25) is 5.95 Å². The first-order chi connectivity index (χ1) is 18.0. The molecule has 0 unspecified atom stereocenters. The van der Waals surface area contributed by atoms with Crippen LogP contribution in [0.25, 0.3) is 10.9 Å². The minimum absolute atomic E-state index is 0.00515. The number of likely N-dealkylation sites (tertiary alicyclic amines) is 1. The van der Waals surface area contributed by atoms with Crippen LogP contribution in [-0.4, -0.2) is 66.4 Å². The molecule has 9 nitrogen and oxygen atoms in total. The Morgan fingerprint density at radius 1 is 1.05 bits per heavy atom. The highest BCUT2D eigenvalue weighted by Gasteiger charge is 2.29. The number of amides is 1. The van der Waals surface area contributed by atoms with E-state index in [-0.39, 0.29) is 17.9 Å². The Hall–Kier alpha value is -3.40. The van der Waals surface area contributed by atoms with E-state index in [1.165, 1.54) is 0 Å². The van der Waals surface area contributed by atoms with Crippen molar-refractivity contribution in [2.75, 3.05) is 35.6 Å². The molecule has 0 saturated carbocycles. The molecule has 0 atom stereocenters. The van der Waals surface area contributed by atoms with Crippen LogP contribution >= 0.6 is 0 Å². The average molecular weight is 538 g/mol. The molecule has 1 amide bonds. The van der Waals surface area contributed by atoms with Gasteiger partial charge >= 0.3 is 6.09 Å². The molecule has 0 radical (unpaired) electrons. The van der Waals surface area contributed by atoms with Crippen LogP contribution in [0.5, 0.6) is 0 Å². The van der Waals surface area contributed by atoms with Gasteiger partial charge in [-0.1, -0.05) is 29.8 Å². The monoisotopic (exact) mass is 537 g/mol. The lowest BCUT2D eigenvalue weighted by molar-refractivity contribution is 0.0210. The summed E-state index contributed by atoms with van der Waals surface area (Å²) in [5.74, 6) is 1.23. The van der Waals surface area contributed by atoms with Gasteiger partial charge in [0, 0.05) is 37.6 Å². The van der Waals surface area contributed by atoms with E-state index < -0.39 is 15.4 Å². The van der Waals surface area contributed by atoms with Crippen molar-refractivity contribution in [1.82, 2.24) is 14.9 Å². The number of nitrogens with one attached hydrogen (secondary N) is 1. The highest BCUT2D eigenvalue weighted by molar-refractivity contribution is 7.91. The van der Waals surface area contributed by atoms with Crippen molar-refractivity contribution >= 4 is 38.6 Å². The zero-order chi connectivity index (χ0) is 27.1. The molecule has 1 fully saturated rings. The maximum Gasteiger partial charge on any atom is 0.410 e. The predicted octanol–water partition coefficient (Wildman–Crippen LogP) is 4.54.